The number of carbonyl (C=O) groups is 2. The van der Waals surface area contributed by atoms with Crippen LogP contribution in [0.4, 0.5) is 0 Å². The number of hydrogen-bond acceptors (Lipinski definition) is 3. The Hall–Kier alpha value is -1.59. The van der Waals surface area contributed by atoms with Crippen LogP contribution in [-0.2, 0) is 19.7 Å². The SMILES string of the molecule is O=C(NCC1(c2cccc(Cl)c2)CCOCC1)C1CCCN1C(=O)C12CC3CC(CC(C3)C1)C2. The number of ether oxygens (including phenoxy) is 1. The lowest BCUT2D eigenvalue weighted by molar-refractivity contribution is -0.160. The van der Waals surface area contributed by atoms with E-state index < -0.39 is 0 Å². The van der Waals surface area contributed by atoms with Crippen molar-refractivity contribution in [3.8, 4) is 0 Å². The minimum atomic E-state index is -0.322. The van der Waals surface area contributed by atoms with E-state index in [0.29, 0.717) is 25.7 Å². The summed E-state index contributed by atoms with van der Waals surface area (Å²) in [5.41, 5.74) is 0.809. The Balaban J connectivity index is 1.16. The van der Waals surface area contributed by atoms with E-state index in [1.165, 1.54) is 19.3 Å². The van der Waals surface area contributed by atoms with Gasteiger partial charge >= 0.3 is 0 Å². The highest BCUT2D eigenvalue weighted by molar-refractivity contribution is 6.30. The third kappa shape index (κ3) is 3.97. The lowest BCUT2D eigenvalue weighted by Crippen LogP contribution is -2.57. The van der Waals surface area contributed by atoms with Crippen molar-refractivity contribution in [3.63, 3.8) is 0 Å². The summed E-state index contributed by atoms with van der Waals surface area (Å²) in [5.74, 6) is 2.51. The van der Waals surface area contributed by atoms with Gasteiger partial charge in [0.25, 0.3) is 0 Å². The van der Waals surface area contributed by atoms with Gasteiger partial charge in [0.05, 0.1) is 5.41 Å². The summed E-state index contributed by atoms with van der Waals surface area (Å²) in [6, 6.07) is 7.69. The number of nitrogens with one attached hydrogen (secondary N) is 1. The number of likely N-dealkylation sites (tertiary alicyclic amines) is 1. The molecule has 6 fully saturated rings. The Morgan fingerprint density at radius 1 is 1.06 bits per heavy atom. The van der Waals surface area contributed by atoms with Crippen LogP contribution in [0.2, 0.25) is 5.02 Å². The van der Waals surface area contributed by atoms with Crippen molar-refractivity contribution in [2.45, 2.75) is 75.7 Å². The second-order valence-electron chi connectivity index (χ2n) is 12.0. The zero-order valence-electron chi connectivity index (χ0n) is 20.1. The molecule has 5 nitrogen and oxygen atoms in total. The highest BCUT2D eigenvalue weighted by atomic mass is 35.5. The zero-order valence-corrected chi connectivity index (χ0v) is 20.8. The van der Waals surface area contributed by atoms with E-state index >= 15 is 0 Å². The first-order valence-electron chi connectivity index (χ1n) is 13.4. The summed E-state index contributed by atoms with van der Waals surface area (Å²) >= 11 is 6.31. The van der Waals surface area contributed by atoms with E-state index in [2.05, 4.69) is 11.4 Å². The lowest BCUT2D eigenvalue weighted by atomic mass is 9.49. The van der Waals surface area contributed by atoms with Gasteiger partial charge < -0.3 is 15.0 Å². The minimum Gasteiger partial charge on any atom is -0.381 e. The second kappa shape index (κ2) is 8.81. The quantitative estimate of drug-likeness (QED) is 0.658. The standard InChI is InChI=1S/C28H37ClN2O3/c29-23-4-1-3-22(14-23)27(6-9-34-10-7-27)18-30-25(32)24-5-2-8-31(24)26(33)28-15-19-11-20(16-28)13-21(12-19)17-28/h1,3-4,14,19-21,24H,2,5-13,15-18H2,(H,30,32). The molecule has 1 aromatic carbocycles. The fourth-order valence-electron chi connectivity index (χ4n) is 8.48. The molecule has 4 saturated carbocycles. The molecule has 0 aromatic heterocycles. The number of nitrogens with zero attached hydrogens (tertiary/aromatic N) is 1. The highest BCUT2D eigenvalue weighted by Crippen LogP contribution is 2.60. The van der Waals surface area contributed by atoms with Crippen LogP contribution in [-0.4, -0.2) is 49.1 Å². The van der Waals surface area contributed by atoms with Crippen LogP contribution in [0.3, 0.4) is 0 Å². The lowest BCUT2D eigenvalue weighted by Gasteiger charge is -2.56. The first-order valence-corrected chi connectivity index (χ1v) is 13.8. The van der Waals surface area contributed by atoms with E-state index in [9.17, 15) is 9.59 Å². The Kier molecular flexibility index (Phi) is 5.92. The van der Waals surface area contributed by atoms with Crippen LogP contribution in [0.1, 0.15) is 69.8 Å². The van der Waals surface area contributed by atoms with Crippen LogP contribution in [0, 0.1) is 23.2 Å². The predicted molar refractivity (Wildman–Crippen MR) is 132 cm³/mol. The molecule has 1 atom stereocenters. The maximum Gasteiger partial charge on any atom is 0.242 e. The van der Waals surface area contributed by atoms with Crippen LogP contribution >= 0.6 is 11.6 Å². The van der Waals surface area contributed by atoms with E-state index in [1.54, 1.807) is 0 Å². The number of amides is 2. The van der Waals surface area contributed by atoms with Crippen LogP contribution in [0.15, 0.2) is 24.3 Å². The number of benzene rings is 1. The molecule has 184 valence electrons. The summed E-state index contributed by atoms with van der Waals surface area (Å²) in [6.07, 6.45) is 10.5. The zero-order chi connectivity index (χ0) is 23.3. The van der Waals surface area contributed by atoms with Crippen LogP contribution < -0.4 is 5.32 Å². The van der Waals surface area contributed by atoms with Gasteiger partial charge in [0, 0.05) is 36.7 Å². The molecule has 0 spiro atoms. The Morgan fingerprint density at radius 2 is 1.74 bits per heavy atom. The average molecular weight is 485 g/mol. The van der Waals surface area contributed by atoms with Gasteiger partial charge in [0.15, 0.2) is 0 Å². The van der Waals surface area contributed by atoms with Gasteiger partial charge in [-0.25, -0.2) is 0 Å². The maximum absolute atomic E-state index is 14.0. The number of halogens is 1. The molecule has 2 aliphatic heterocycles. The van der Waals surface area contributed by atoms with Crippen molar-refractivity contribution in [2.24, 2.45) is 23.2 Å². The minimum absolute atomic E-state index is 0.0171. The van der Waals surface area contributed by atoms with Gasteiger partial charge in [0.2, 0.25) is 11.8 Å². The maximum atomic E-state index is 14.0. The van der Waals surface area contributed by atoms with E-state index in [1.807, 2.05) is 23.1 Å². The van der Waals surface area contributed by atoms with Gasteiger partial charge in [-0.2, -0.15) is 0 Å². The Morgan fingerprint density at radius 3 is 2.38 bits per heavy atom. The molecule has 0 radical (unpaired) electrons. The van der Waals surface area contributed by atoms with Gasteiger partial charge in [-0.15, -0.1) is 0 Å². The van der Waals surface area contributed by atoms with Gasteiger partial charge in [0.1, 0.15) is 6.04 Å². The molecular formula is C28H37ClN2O3. The largest absolute Gasteiger partial charge is 0.381 e. The monoisotopic (exact) mass is 484 g/mol. The summed E-state index contributed by atoms with van der Waals surface area (Å²) in [5, 5.41) is 4.00. The summed E-state index contributed by atoms with van der Waals surface area (Å²) in [4.78, 5) is 29.4. The molecule has 1 aromatic rings. The van der Waals surface area contributed by atoms with Gasteiger partial charge in [-0.05, 0) is 99.7 Å². The molecule has 6 heteroatoms. The first kappa shape index (κ1) is 22.8. The van der Waals surface area contributed by atoms with E-state index in [4.69, 9.17) is 16.3 Å². The van der Waals surface area contributed by atoms with Crippen molar-refractivity contribution < 1.29 is 14.3 Å². The molecule has 34 heavy (non-hydrogen) atoms. The van der Waals surface area contributed by atoms with Crippen molar-refractivity contribution >= 4 is 23.4 Å². The fraction of sp³-hybridized carbons (Fsp3) is 0.714. The number of hydrogen-bond donors (Lipinski definition) is 1. The average Bonchev–Trinajstić information content (AvgIpc) is 3.32. The van der Waals surface area contributed by atoms with Crippen molar-refractivity contribution in [1.82, 2.24) is 10.2 Å². The molecule has 2 saturated heterocycles. The Bertz CT molecular complexity index is 921. The molecule has 2 amide bonds. The summed E-state index contributed by atoms with van der Waals surface area (Å²) in [6.45, 7) is 2.66. The molecular weight excluding hydrogens is 448 g/mol. The molecule has 4 bridgehead atoms. The molecule has 6 aliphatic rings. The summed E-state index contributed by atoms with van der Waals surface area (Å²) < 4.78 is 5.65. The Labute approximate surface area is 207 Å². The second-order valence-corrected chi connectivity index (χ2v) is 12.4. The molecule has 4 aliphatic carbocycles. The molecule has 1 unspecified atom stereocenters. The topological polar surface area (TPSA) is 58.6 Å². The van der Waals surface area contributed by atoms with Crippen molar-refractivity contribution in [2.75, 3.05) is 26.3 Å². The van der Waals surface area contributed by atoms with E-state index in [-0.39, 0.29) is 22.8 Å². The number of carbonyl (C=O) groups excluding carboxylic acids is 2. The highest BCUT2D eigenvalue weighted by Gasteiger charge is 2.56. The first-order chi connectivity index (χ1) is 16.5. The van der Waals surface area contributed by atoms with E-state index in [0.717, 1.165) is 79.8 Å². The fourth-order valence-corrected chi connectivity index (χ4v) is 8.67. The van der Waals surface area contributed by atoms with Gasteiger partial charge in [-0.1, -0.05) is 23.7 Å². The van der Waals surface area contributed by atoms with Crippen LogP contribution in [0.5, 0.6) is 0 Å². The van der Waals surface area contributed by atoms with Crippen LogP contribution in [0.25, 0.3) is 0 Å². The molecule has 2 heterocycles. The predicted octanol–water partition coefficient (Wildman–Crippen LogP) is 4.71. The molecule has 1 N–H and O–H groups in total. The third-order valence-electron chi connectivity index (χ3n) is 9.80. The van der Waals surface area contributed by atoms with Crippen molar-refractivity contribution in [3.05, 3.63) is 34.9 Å². The van der Waals surface area contributed by atoms with Crippen molar-refractivity contribution in [1.29, 1.82) is 0 Å². The smallest absolute Gasteiger partial charge is 0.242 e. The third-order valence-corrected chi connectivity index (χ3v) is 10.0. The van der Waals surface area contributed by atoms with Gasteiger partial charge in [-0.3, -0.25) is 9.59 Å². The molecule has 7 rings (SSSR count). The normalized spacial score (nSPS) is 36.0. The summed E-state index contributed by atoms with van der Waals surface area (Å²) in [7, 11) is 0. The number of rotatable bonds is 5.